The molecule has 0 aliphatic heterocycles. The molecule has 1 heterocycles. The molecular weight excluding hydrogens is 284 g/mol. The Morgan fingerprint density at radius 2 is 2.13 bits per heavy atom. The van der Waals surface area contributed by atoms with Crippen LogP contribution in [0.2, 0.25) is 0 Å². The van der Waals surface area contributed by atoms with Crippen LogP contribution in [0.1, 0.15) is 5.76 Å². The van der Waals surface area contributed by atoms with E-state index in [-0.39, 0.29) is 11.7 Å². The summed E-state index contributed by atoms with van der Waals surface area (Å²) in [5.74, 6) is 0.491. The molecule has 0 radical (unpaired) electrons. The number of hydrogen-bond donors (Lipinski definition) is 0. The SMILES string of the molecule is Fc1cc(Br)cc(-c2cc(CCl)on2)c1. The Morgan fingerprint density at radius 1 is 1.33 bits per heavy atom. The highest BCUT2D eigenvalue weighted by atomic mass is 79.9. The van der Waals surface area contributed by atoms with Crippen LogP contribution in [0.15, 0.2) is 33.3 Å². The lowest BCUT2D eigenvalue weighted by Gasteiger charge is -1.97. The lowest BCUT2D eigenvalue weighted by Crippen LogP contribution is -1.80. The van der Waals surface area contributed by atoms with Crippen LogP contribution in [0.5, 0.6) is 0 Å². The first-order chi connectivity index (χ1) is 7.19. The molecule has 0 saturated heterocycles. The molecule has 0 spiro atoms. The minimum atomic E-state index is -0.324. The van der Waals surface area contributed by atoms with E-state index in [9.17, 15) is 4.39 Å². The fourth-order valence-corrected chi connectivity index (χ4v) is 1.80. The topological polar surface area (TPSA) is 26.0 Å². The average Bonchev–Trinajstić information content (AvgIpc) is 2.64. The Bertz CT molecular complexity index is 466. The monoisotopic (exact) mass is 289 g/mol. The van der Waals surface area contributed by atoms with Crippen molar-refractivity contribution < 1.29 is 8.91 Å². The molecule has 2 nitrogen and oxygen atoms in total. The van der Waals surface area contributed by atoms with E-state index in [0.717, 1.165) is 0 Å². The quantitative estimate of drug-likeness (QED) is 0.782. The summed E-state index contributed by atoms with van der Waals surface area (Å²) in [6.07, 6.45) is 0. The summed E-state index contributed by atoms with van der Waals surface area (Å²) in [6.45, 7) is 0. The van der Waals surface area contributed by atoms with Crippen molar-refractivity contribution in [1.29, 1.82) is 0 Å². The van der Waals surface area contributed by atoms with Crippen molar-refractivity contribution in [3.8, 4) is 11.3 Å². The Kier molecular flexibility index (Phi) is 3.07. The lowest BCUT2D eigenvalue weighted by molar-refractivity contribution is 0.396. The minimum absolute atomic E-state index is 0.253. The maximum absolute atomic E-state index is 13.1. The van der Waals surface area contributed by atoms with Crippen molar-refractivity contribution in [2.24, 2.45) is 0 Å². The molecule has 0 unspecified atom stereocenters. The third-order valence-electron chi connectivity index (χ3n) is 1.85. The van der Waals surface area contributed by atoms with E-state index in [4.69, 9.17) is 16.1 Å². The molecule has 0 N–H and O–H groups in total. The van der Waals surface area contributed by atoms with Gasteiger partial charge in [-0.2, -0.15) is 0 Å². The summed E-state index contributed by atoms with van der Waals surface area (Å²) in [5, 5.41) is 3.79. The van der Waals surface area contributed by atoms with Gasteiger partial charge in [0.05, 0.1) is 5.88 Å². The molecule has 0 amide bonds. The van der Waals surface area contributed by atoms with Gasteiger partial charge in [0.2, 0.25) is 0 Å². The van der Waals surface area contributed by atoms with Gasteiger partial charge in [-0.15, -0.1) is 11.6 Å². The first kappa shape index (κ1) is 10.6. The van der Waals surface area contributed by atoms with Gasteiger partial charge in [-0.1, -0.05) is 21.1 Å². The van der Waals surface area contributed by atoms with Gasteiger partial charge < -0.3 is 4.52 Å². The van der Waals surface area contributed by atoms with Crippen LogP contribution in [-0.2, 0) is 5.88 Å². The molecule has 0 aliphatic rings. The fourth-order valence-electron chi connectivity index (χ4n) is 1.21. The van der Waals surface area contributed by atoms with Crippen molar-refractivity contribution in [1.82, 2.24) is 5.16 Å². The van der Waals surface area contributed by atoms with Crippen LogP contribution in [-0.4, -0.2) is 5.16 Å². The number of benzene rings is 1. The van der Waals surface area contributed by atoms with Gasteiger partial charge in [-0.3, -0.25) is 0 Å². The van der Waals surface area contributed by atoms with E-state index < -0.39 is 0 Å². The Balaban J connectivity index is 2.44. The second-order valence-electron chi connectivity index (χ2n) is 2.97. The van der Waals surface area contributed by atoms with Crippen molar-refractivity contribution in [3.05, 3.63) is 40.3 Å². The summed E-state index contributed by atoms with van der Waals surface area (Å²) in [7, 11) is 0. The van der Waals surface area contributed by atoms with E-state index in [0.29, 0.717) is 21.5 Å². The van der Waals surface area contributed by atoms with Crippen LogP contribution < -0.4 is 0 Å². The highest BCUT2D eigenvalue weighted by Gasteiger charge is 2.07. The van der Waals surface area contributed by atoms with Gasteiger partial charge >= 0.3 is 0 Å². The molecule has 2 rings (SSSR count). The number of halogens is 3. The molecular formula is C10H6BrClFNO. The molecule has 15 heavy (non-hydrogen) atoms. The normalized spacial score (nSPS) is 10.6. The van der Waals surface area contributed by atoms with Crippen LogP contribution >= 0.6 is 27.5 Å². The highest BCUT2D eigenvalue weighted by Crippen LogP contribution is 2.24. The van der Waals surface area contributed by atoms with E-state index in [1.807, 2.05) is 0 Å². The zero-order chi connectivity index (χ0) is 10.8. The van der Waals surface area contributed by atoms with Crippen molar-refractivity contribution in [2.75, 3.05) is 0 Å². The van der Waals surface area contributed by atoms with Crippen LogP contribution in [0.4, 0.5) is 4.39 Å². The first-order valence-corrected chi connectivity index (χ1v) is 5.50. The number of hydrogen-bond acceptors (Lipinski definition) is 2. The number of aromatic nitrogens is 1. The molecule has 78 valence electrons. The summed E-state index contributed by atoms with van der Waals surface area (Å²) < 4.78 is 18.7. The van der Waals surface area contributed by atoms with Crippen LogP contribution in [0.25, 0.3) is 11.3 Å². The molecule has 0 saturated carbocycles. The second-order valence-corrected chi connectivity index (χ2v) is 4.15. The van der Waals surface area contributed by atoms with E-state index in [1.165, 1.54) is 12.1 Å². The molecule has 0 bridgehead atoms. The molecule has 0 aliphatic carbocycles. The molecule has 0 atom stereocenters. The number of rotatable bonds is 2. The smallest absolute Gasteiger partial charge is 0.152 e. The second kappa shape index (κ2) is 4.33. The lowest BCUT2D eigenvalue weighted by atomic mass is 10.1. The zero-order valence-corrected chi connectivity index (χ0v) is 9.85. The number of alkyl halides is 1. The van der Waals surface area contributed by atoms with E-state index in [2.05, 4.69) is 21.1 Å². The average molecular weight is 291 g/mol. The Hall–Kier alpha value is -0.870. The molecule has 5 heteroatoms. The largest absolute Gasteiger partial charge is 0.359 e. The van der Waals surface area contributed by atoms with Gasteiger partial charge in [0.25, 0.3) is 0 Å². The van der Waals surface area contributed by atoms with Crippen molar-refractivity contribution in [3.63, 3.8) is 0 Å². The Labute approximate surface area is 99.2 Å². The predicted octanol–water partition coefficient (Wildman–Crippen LogP) is 3.98. The van der Waals surface area contributed by atoms with Crippen molar-refractivity contribution >= 4 is 27.5 Å². The third-order valence-corrected chi connectivity index (χ3v) is 2.57. The molecule has 0 fully saturated rings. The number of nitrogens with zero attached hydrogens (tertiary/aromatic N) is 1. The van der Waals surface area contributed by atoms with Gasteiger partial charge in [0.1, 0.15) is 11.5 Å². The summed E-state index contributed by atoms with van der Waals surface area (Å²) in [5.41, 5.74) is 1.23. The van der Waals surface area contributed by atoms with Gasteiger partial charge in [-0.25, -0.2) is 4.39 Å². The zero-order valence-electron chi connectivity index (χ0n) is 7.51. The summed E-state index contributed by atoms with van der Waals surface area (Å²) in [4.78, 5) is 0. The predicted molar refractivity (Wildman–Crippen MR) is 59.2 cm³/mol. The molecule has 1 aromatic carbocycles. The van der Waals surface area contributed by atoms with Gasteiger partial charge in [0, 0.05) is 16.1 Å². The third kappa shape index (κ3) is 2.38. The standard InChI is InChI=1S/C10H6BrClFNO/c11-7-1-6(2-8(13)3-7)10-4-9(5-12)15-14-10/h1-4H,5H2. The fraction of sp³-hybridized carbons (Fsp3) is 0.100. The van der Waals surface area contributed by atoms with E-state index in [1.54, 1.807) is 12.1 Å². The molecule has 1 aromatic heterocycles. The van der Waals surface area contributed by atoms with Crippen molar-refractivity contribution in [2.45, 2.75) is 5.88 Å². The summed E-state index contributed by atoms with van der Waals surface area (Å²) >= 11 is 8.78. The van der Waals surface area contributed by atoms with Gasteiger partial charge in [-0.05, 0) is 18.2 Å². The highest BCUT2D eigenvalue weighted by molar-refractivity contribution is 9.10. The summed E-state index contributed by atoms with van der Waals surface area (Å²) in [6, 6.07) is 6.22. The van der Waals surface area contributed by atoms with Crippen LogP contribution in [0, 0.1) is 5.82 Å². The van der Waals surface area contributed by atoms with Crippen LogP contribution in [0.3, 0.4) is 0 Å². The maximum Gasteiger partial charge on any atom is 0.152 e. The van der Waals surface area contributed by atoms with E-state index >= 15 is 0 Å². The maximum atomic E-state index is 13.1. The first-order valence-electron chi connectivity index (χ1n) is 4.17. The van der Waals surface area contributed by atoms with Gasteiger partial charge in [0.15, 0.2) is 5.76 Å². The Morgan fingerprint density at radius 3 is 2.73 bits per heavy atom. The molecule has 2 aromatic rings. The minimum Gasteiger partial charge on any atom is -0.359 e.